The van der Waals surface area contributed by atoms with Crippen molar-refractivity contribution in [3.63, 3.8) is 0 Å². The largest absolute Gasteiger partial charge is 0.392 e. The molecule has 0 saturated heterocycles. The first kappa shape index (κ1) is 15.2. The minimum atomic E-state index is -0.526. The molecule has 0 aliphatic carbocycles. The number of aliphatic hydroxyl groups excluding tert-OH is 1. The van der Waals surface area contributed by atoms with Gasteiger partial charge in [-0.15, -0.1) is 11.3 Å². The van der Waals surface area contributed by atoms with Crippen molar-refractivity contribution in [2.24, 2.45) is 5.73 Å². The molecule has 20 heavy (non-hydrogen) atoms. The zero-order chi connectivity index (χ0) is 14.4. The third kappa shape index (κ3) is 4.13. The summed E-state index contributed by atoms with van der Waals surface area (Å²) in [4.78, 5) is 1.33. The molecule has 0 radical (unpaired) electrons. The lowest BCUT2D eigenvalue weighted by Crippen LogP contribution is -2.26. The predicted octanol–water partition coefficient (Wildman–Crippen LogP) is 3.31. The van der Waals surface area contributed by atoms with Crippen molar-refractivity contribution in [1.29, 1.82) is 0 Å². The summed E-state index contributed by atoms with van der Waals surface area (Å²) in [5.74, 6) is -0.485. The van der Waals surface area contributed by atoms with E-state index >= 15 is 0 Å². The van der Waals surface area contributed by atoms with Crippen LogP contribution in [-0.2, 0) is 6.42 Å². The van der Waals surface area contributed by atoms with Crippen molar-refractivity contribution in [3.05, 3.63) is 58.0 Å². The molecule has 0 aliphatic rings. The van der Waals surface area contributed by atoms with Gasteiger partial charge in [-0.25, -0.2) is 4.39 Å². The SMILES string of the molecule is NCC(c1cccc(F)c1)C(O)CCCc1cccs1. The van der Waals surface area contributed by atoms with Crippen LogP contribution in [0.3, 0.4) is 0 Å². The first-order chi connectivity index (χ1) is 9.70. The Kier molecular flexibility index (Phi) is 5.71. The Morgan fingerprint density at radius 2 is 2.10 bits per heavy atom. The van der Waals surface area contributed by atoms with Crippen LogP contribution >= 0.6 is 11.3 Å². The summed E-state index contributed by atoms with van der Waals surface area (Å²) < 4.78 is 13.2. The van der Waals surface area contributed by atoms with E-state index in [4.69, 9.17) is 5.73 Å². The monoisotopic (exact) mass is 293 g/mol. The number of rotatable bonds is 7. The van der Waals surface area contributed by atoms with Crippen LogP contribution in [0, 0.1) is 5.82 Å². The summed E-state index contributed by atoms with van der Waals surface area (Å²) in [5.41, 5.74) is 6.52. The molecule has 2 nitrogen and oxygen atoms in total. The molecule has 108 valence electrons. The predicted molar refractivity (Wildman–Crippen MR) is 81.5 cm³/mol. The Bertz CT molecular complexity index is 515. The maximum Gasteiger partial charge on any atom is 0.123 e. The molecule has 4 heteroatoms. The Labute approximate surface area is 123 Å². The van der Waals surface area contributed by atoms with Crippen molar-refractivity contribution in [1.82, 2.24) is 0 Å². The number of nitrogens with two attached hydrogens (primary N) is 1. The van der Waals surface area contributed by atoms with E-state index in [-0.39, 0.29) is 11.7 Å². The van der Waals surface area contributed by atoms with E-state index in [1.54, 1.807) is 17.4 Å². The average Bonchev–Trinajstić information content (AvgIpc) is 2.93. The van der Waals surface area contributed by atoms with Crippen molar-refractivity contribution in [2.45, 2.75) is 31.3 Å². The molecule has 1 aromatic heterocycles. The van der Waals surface area contributed by atoms with Gasteiger partial charge in [-0.2, -0.15) is 0 Å². The van der Waals surface area contributed by atoms with Crippen LogP contribution in [0.2, 0.25) is 0 Å². The fourth-order valence-electron chi connectivity index (χ4n) is 2.39. The van der Waals surface area contributed by atoms with E-state index in [9.17, 15) is 9.50 Å². The molecule has 0 saturated carbocycles. The summed E-state index contributed by atoms with van der Waals surface area (Å²) in [5, 5.41) is 12.3. The van der Waals surface area contributed by atoms with Gasteiger partial charge < -0.3 is 10.8 Å². The van der Waals surface area contributed by atoms with Crippen molar-refractivity contribution >= 4 is 11.3 Å². The second-order valence-corrected chi connectivity index (χ2v) is 5.97. The molecular formula is C16H20FNOS. The normalized spacial score (nSPS) is 14.2. The highest BCUT2D eigenvalue weighted by molar-refractivity contribution is 7.09. The van der Waals surface area contributed by atoms with Gasteiger partial charge in [0, 0.05) is 17.3 Å². The molecule has 0 spiro atoms. The number of benzene rings is 1. The topological polar surface area (TPSA) is 46.2 Å². The number of thiophene rings is 1. The number of hydrogen-bond donors (Lipinski definition) is 2. The smallest absolute Gasteiger partial charge is 0.123 e. The fourth-order valence-corrected chi connectivity index (χ4v) is 3.15. The van der Waals surface area contributed by atoms with Gasteiger partial charge in [0.15, 0.2) is 0 Å². The molecule has 0 bridgehead atoms. The lowest BCUT2D eigenvalue weighted by Gasteiger charge is -2.22. The van der Waals surface area contributed by atoms with Gasteiger partial charge in [0.25, 0.3) is 0 Å². The number of aliphatic hydroxyl groups is 1. The Morgan fingerprint density at radius 1 is 1.25 bits per heavy atom. The first-order valence-electron chi connectivity index (χ1n) is 6.86. The second-order valence-electron chi connectivity index (χ2n) is 4.94. The van der Waals surface area contributed by atoms with Crippen molar-refractivity contribution in [2.75, 3.05) is 6.54 Å². The van der Waals surface area contributed by atoms with Crippen molar-refractivity contribution in [3.8, 4) is 0 Å². The minimum absolute atomic E-state index is 0.200. The number of aryl methyl sites for hydroxylation is 1. The molecule has 2 rings (SSSR count). The van der Waals surface area contributed by atoms with Gasteiger partial charge in [0.2, 0.25) is 0 Å². The van der Waals surface area contributed by atoms with Crippen LogP contribution in [0.25, 0.3) is 0 Å². The maximum atomic E-state index is 13.2. The van der Waals surface area contributed by atoms with Gasteiger partial charge in [-0.05, 0) is 48.4 Å². The molecule has 2 aromatic rings. The summed E-state index contributed by atoms with van der Waals surface area (Å²) >= 11 is 1.73. The first-order valence-corrected chi connectivity index (χ1v) is 7.74. The zero-order valence-electron chi connectivity index (χ0n) is 11.3. The molecular weight excluding hydrogens is 273 g/mol. The van der Waals surface area contributed by atoms with E-state index in [2.05, 4.69) is 11.4 Å². The molecule has 0 aliphatic heterocycles. The molecule has 2 atom stereocenters. The van der Waals surface area contributed by atoms with Crippen LogP contribution in [0.15, 0.2) is 41.8 Å². The quantitative estimate of drug-likeness (QED) is 0.822. The number of hydrogen-bond acceptors (Lipinski definition) is 3. The van der Waals surface area contributed by atoms with Gasteiger partial charge in [-0.3, -0.25) is 0 Å². The Morgan fingerprint density at radius 3 is 2.75 bits per heavy atom. The van der Waals surface area contributed by atoms with Crippen LogP contribution in [0.1, 0.15) is 29.2 Å². The van der Waals surface area contributed by atoms with Gasteiger partial charge in [0.05, 0.1) is 6.10 Å². The van der Waals surface area contributed by atoms with Gasteiger partial charge in [0.1, 0.15) is 5.82 Å². The van der Waals surface area contributed by atoms with Gasteiger partial charge in [-0.1, -0.05) is 18.2 Å². The van der Waals surface area contributed by atoms with E-state index < -0.39 is 6.10 Å². The molecule has 3 N–H and O–H groups in total. The van der Waals surface area contributed by atoms with Crippen LogP contribution in [0.5, 0.6) is 0 Å². The van der Waals surface area contributed by atoms with Crippen LogP contribution < -0.4 is 5.73 Å². The molecule has 0 fully saturated rings. The standard InChI is InChI=1S/C16H20FNOS/c17-13-5-1-4-12(10-13)15(11-18)16(19)8-2-6-14-7-3-9-20-14/h1,3-5,7,9-10,15-16,19H,2,6,8,11,18H2. The maximum absolute atomic E-state index is 13.2. The Balaban J connectivity index is 1.90. The summed E-state index contributed by atoms with van der Waals surface area (Å²) in [6.45, 7) is 0.323. The summed E-state index contributed by atoms with van der Waals surface area (Å²) in [7, 11) is 0. The Hall–Kier alpha value is -1.23. The highest BCUT2D eigenvalue weighted by Crippen LogP contribution is 2.23. The summed E-state index contributed by atoms with van der Waals surface area (Å²) in [6, 6.07) is 10.5. The third-order valence-corrected chi connectivity index (χ3v) is 4.43. The molecule has 1 aromatic carbocycles. The zero-order valence-corrected chi connectivity index (χ0v) is 12.2. The van der Waals surface area contributed by atoms with Crippen molar-refractivity contribution < 1.29 is 9.50 Å². The van der Waals surface area contributed by atoms with E-state index in [1.165, 1.54) is 17.0 Å². The molecule has 1 heterocycles. The van der Waals surface area contributed by atoms with Crippen LogP contribution in [0.4, 0.5) is 4.39 Å². The lowest BCUT2D eigenvalue weighted by atomic mass is 9.90. The van der Waals surface area contributed by atoms with E-state index in [0.29, 0.717) is 13.0 Å². The highest BCUT2D eigenvalue weighted by Gasteiger charge is 2.19. The lowest BCUT2D eigenvalue weighted by molar-refractivity contribution is 0.133. The summed E-state index contributed by atoms with van der Waals surface area (Å²) in [6.07, 6.45) is 2.03. The third-order valence-electron chi connectivity index (χ3n) is 3.50. The second kappa shape index (κ2) is 7.53. The number of halogens is 1. The van der Waals surface area contributed by atoms with E-state index in [0.717, 1.165) is 18.4 Å². The van der Waals surface area contributed by atoms with E-state index in [1.807, 2.05) is 12.1 Å². The van der Waals surface area contributed by atoms with Gasteiger partial charge >= 0.3 is 0 Å². The minimum Gasteiger partial charge on any atom is -0.392 e. The fraction of sp³-hybridized carbons (Fsp3) is 0.375. The molecule has 2 unspecified atom stereocenters. The average molecular weight is 293 g/mol. The highest BCUT2D eigenvalue weighted by atomic mass is 32.1. The molecule has 0 amide bonds. The van der Waals surface area contributed by atoms with Crippen LogP contribution in [-0.4, -0.2) is 17.8 Å².